The normalized spacial score (nSPS) is 12.9. The first kappa shape index (κ1) is 19.1. The van der Waals surface area contributed by atoms with Gasteiger partial charge in [-0.1, -0.05) is 30.4 Å². The van der Waals surface area contributed by atoms with Gasteiger partial charge < -0.3 is 15.2 Å². The Morgan fingerprint density at radius 1 is 1.19 bits per heavy atom. The molecule has 2 aromatic carbocycles. The van der Waals surface area contributed by atoms with Crippen LogP contribution in [0.1, 0.15) is 10.6 Å². The third-order valence-corrected chi connectivity index (χ3v) is 4.82. The van der Waals surface area contributed by atoms with E-state index >= 15 is 0 Å². The molecule has 3 aromatic rings. The molecule has 3 rings (SSSR count). The van der Waals surface area contributed by atoms with Gasteiger partial charge in [0.15, 0.2) is 0 Å². The Balaban J connectivity index is 1.63. The Morgan fingerprint density at radius 2 is 1.96 bits per heavy atom. The van der Waals surface area contributed by atoms with Gasteiger partial charge in [-0.3, -0.25) is 0 Å². The number of nitrogens with zero attached hydrogens (tertiary/aromatic N) is 1. The zero-order valence-electron chi connectivity index (χ0n) is 14.9. The number of thiazole rings is 1. The fourth-order valence-corrected chi connectivity index (χ4v) is 3.30. The summed E-state index contributed by atoms with van der Waals surface area (Å²) in [5.74, 6) is 0.596. The van der Waals surface area contributed by atoms with Crippen LogP contribution in [0.2, 0.25) is 0 Å². The molecule has 0 aliphatic carbocycles. The van der Waals surface area contributed by atoms with E-state index in [0.717, 1.165) is 26.5 Å². The van der Waals surface area contributed by atoms with Crippen LogP contribution >= 0.6 is 11.3 Å². The molecule has 140 valence electrons. The number of halogens is 1. The van der Waals surface area contributed by atoms with E-state index in [1.807, 2.05) is 55.6 Å². The Bertz CT molecular complexity index is 935. The van der Waals surface area contributed by atoms with E-state index in [1.54, 1.807) is 17.4 Å². The number of ether oxygens (including phenoxy) is 1. The minimum atomic E-state index is -1.10. The minimum Gasteiger partial charge on any atom is -0.491 e. The molecule has 0 fully saturated rings. The highest BCUT2D eigenvalue weighted by atomic mass is 32.1. The quantitative estimate of drug-likeness (QED) is 0.549. The maximum Gasteiger partial charge on any atom is 0.121 e. The Kier molecular flexibility index (Phi) is 6.57. The predicted molar refractivity (Wildman–Crippen MR) is 111 cm³/mol. The minimum absolute atomic E-state index is 0.0618. The number of alkyl halides is 1. The number of anilines is 1. The molecule has 27 heavy (non-hydrogen) atoms. The highest BCUT2D eigenvalue weighted by Crippen LogP contribution is 2.27. The monoisotopic (exact) mass is 384 g/mol. The topological polar surface area (TPSA) is 54.4 Å². The van der Waals surface area contributed by atoms with Gasteiger partial charge in [-0.15, -0.1) is 11.3 Å². The van der Waals surface area contributed by atoms with Crippen molar-refractivity contribution in [1.82, 2.24) is 4.98 Å². The van der Waals surface area contributed by atoms with Crippen molar-refractivity contribution >= 4 is 39.4 Å². The maximum atomic E-state index is 12.3. The maximum absolute atomic E-state index is 12.3. The summed E-state index contributed by atoms with van der Waals surface area (Å²) < 4.78 is 18.7. The number of fused-ring (bicyclic) bond motifs is 1. The van der Waals surface area contributed by atoms with Crippen LogP contribution in [-0.4, -0.2) is 36.5 Å². The van der Waals surface area contributed by atoms with Crippen molar-refractivity contribution in [2.75, 3.05) is 25.6 Å². The van der Waals surface area contributed by atoms with Crippen molar-refractivity contribution < 1.29 is 14.2 Å². The Hall–Kier alpha value is -2.70. The van der Waals surface area contributed by atoms with Gasteiger partial charge >= 0.3 is 0 Å². The highest BCUT2D eigenvalue weighted by Gasteiger charge is 2.06. The van der Waals surface area contributed by atoms with Crippen LogP contribution in [0.25, 0.3) is 22.4 Å². The molecule has 0 saturated heterocycles. The highest BCUT2D eigenvalue weighted by molar-refractivity contribution is 7.19. The van der Waals surface area contributed by atoms with Crippen LogP contribution in [0.5, 0.6) is 5.75 Å². The molecule has 0 amide bonds. The number of aliphatic hydroxyl groups excluding tert-OH is 1. The summed E-state index contributed by atoms with van der Waals surface area (Å²) in [6.07, 6.45) is 6.83. The van der Waals surface area contributed by atoms with Gasteiger partial charge in [0.1, 0.15) is 30.1 Å². The van der Waals surface area contributed by atoms with Crippen LogP contribution < -0.4 is 10.1 Å². The number of rotatable bonds is 8. The smallest absolute Gasteiger partial charge is 0.121 e. The second-order valence-corrected chi connectivity index (χ2v) is 6.95. The largest absolute Gasteiger partial charge is 0.491 e. The fourth-order valence-electron chi connectivity index (χ4n) is 2.39. The van der Waals surface area contributed by atoms with E-state index in [0.29, 0.717) is 5.75 Å². The van der Waals surface area contributed by atoms with Gasteiger partial charge in [-0.05, 0) is 42.0 Å². The molecule has 0 aliphatic rings. The van der Waals surface area contributed by atoms with E-state index in [4.69, 9.17) is 4.74 Å². The van der Waals surface area contributed by atoms with Crippen molar-refractivity contribution in [1.29, 1.82) is 0 Å². The summed E-state index contributed by atoms with van der Waals surface area (Å²) in [5, 5.41) is 13.2. The summed E-state index contributed by atoms with van der Waals surface area (Å²) in [4.78, 5) is 4.56. The lowest BCUT2D eigenvalue weighted by Gasteiger charge is -2.08. The van der Waals surface area contributed by atoms with Crippen molar-refractivity contribution in [3.63, 3.8) is 0 Å². The number of benzene rings is 2. The first-order valence-electron chi connectivity index (χ1n) is 8.58. The third-order valence-electron chi connectivity index (χ3n) is 3.83. The molecule has 1 heterocycles. The molecule has 0 spiro atoms. The molecular formula is C21H21FN2O2S. The summed E-state index contributed by atoms with van der Waals surface area (Å²) in [6, 6.07) is 13.7. The van der Waals surface area contributed by atoms with Crippen LogP contribution in [0.4, 0.5) is 10.1 Å². The first-order chi connectivity index (χ1) is 13.2. The van der Waals surface area contributed by atoms with E-state index in [9.17, 15) is 9.50 Å². The number of hydrogen-bond donors (Lipinski definition) is 2. The number of hydrogen-bond acceptors (Lipinski definition) is 5. The molecule has 4 nitrogen and oxygen atoms in total. The van der Waals surface area contributed by atoms with Gasteiger partial charge in [-0.25, -0.2) is 9.37 Å². The number of aromatic nitrogens is 1. The average molecular weight is 384 g/mol. The number of allylic oxidation sites excluding steroid dienone is 2. The van der Waals surface area contributed by atoms with Crippen molar-refractivity contribution in [3.8, 4) is 5.75 Å². The van der Waals surface area contributed by atoms with Crippen molar-refractivity contribution in [2.45, 2.75) is 6.10 Å². The second-order valence-electron chi connectivity index (χ2n) is 5.89. The molecule has 0 radical (unpaired) electrons. The summed E-state index contributed by atoms with van der Waals surface area (Å²) >= 11 is 1.55. The Labute approximate surface area is 161 Å². The molecule has 1 unspecified atom stereocenters. The lowest BCUT2D eigenvalue weighted by molar-refractivity contribution is 0.0842. The van der Waals surface area contributed by atoms with Gasteiger partial charge in [0.05, 0.1) is 10.2 Å². The molecule has 1 aromatic heterocycles. The first-order valence-corrected chi connectivity index (χ1v) is 9.39. The molecule has 0 bridgehead atoms. The van der Waals surface area contributed by atoms with Gasteiger partial charge in [0, 0.05) is 12.7 Å². The Morgan fingerprint density at radius 3 is 2.70 bits per heavy atom. The summed E-state index contributed by atoms with van der Waals surface area (Å²) in [6.45, 7) is -0.876. The predicted octanol–water partition coefficient (Wildman–Crippen LogP) is 4.77. The fraction of sp³-hybridized carbons (Fsp3) is 0.190. The van der Waals surface area contributed by atoms with Gasteiger partial charge in [0.2, 0.25) is 0 Å². The summed E-state index contributed by atoms with van der Waals surface area (Å²) in [7, 11) is 1.90. The lowest BCUT2D eigenvalue weighted by atomic mass is 10.2. The van der Waals surface area contributed by atoms with Crippen LogP contribution in [0.15, 0.2) is 54.6 Å². The average Bonchev–Trinajstić information content (AvgIpc) is 3.11. The van der Waals surface area contributed by atoms with Crippen LogP contribution in [0.3, 0.4) is 0 Å². The zero-order chi connectivity index (χ0) is 19.1. The second kappa shape index (κ2) is 9.30. The molecule has 2 N–H and O–H groups in total. The van der Waals surface area contributed by atoms with Crippen molar-refractivity contribution in [2.24, 2.45) is 0 Å². The van der Waals surface area contributed by atoms with Gasteiger partial charge in [-0.2, -0.15) is 0 Å². The van der Waals surface area contributed by atoms with E-state index < -0.39 is 12.8 Å². The molecule has 6 heteroatoms. The van der Waals surface area contributed by atoms with E-state index in [2.05, 4.69) is 22.4 Å². The SMILES string of the molecule is CNc1ccc(/C=C/C=C/c2nc3ccc(OCC(O)CF)cc3s2)cc1. The van der Waals surface area contributed by atoms with E-state index in [-0.39, 0.29) is 6.61 Å². The van der Waals surface area contributed by atoms with Gasteiger partial charge in [0.25, 0.3) is 0 Å². The molecule has 0 saturated carbocycles. The van der Waals surface area contributed by atoms with Crippen molar-refractivity contribution in [3.05, 3.63) is 65.2 Å². The lowest BCUT2D eigenvalue weighted by Crippen LogP contribution is -2.19. The molecule has 0 aliphatic heterocycles. The zero-order valence-corrected chi connectivity index (χ0v) is 15.7. The number of nitrogens with one attached hydrogen (secondary N) is 1. The summed E-state index contributed by atoms with van der Waals surface area (Å²) in [5.41, 5.74) is 3.09. The number of aliphatic hydroxyl groups is 1. The third kappa shape index (κ3) is 5.39. The molecular weight excluding hydrogens is 363 g/mol. The molecule has 1 atom stereocenters. The van der Waals surface area contributed by atoms with Crippen LogP contribution in [-0.2, 0) is 0 Å². The van der Waals surface area contributed by atoms with Crippen LogP contribution in [0, 0.1) is 0 Å². The standard InChI is InChI=1S/C21H21FN2O2S/c1-23-16-8-6-15(7-9-16)4-2-3-5-21-24-19-11-10-18(12-20(19)27-21)26-14-17(25)13-22/h2-12,17,23,25H,13-14H2,1H3/b4-2+,5-3+. The van der Waals surface area contributed by atoms with E-state index in [1.165, 1.54) is 0 Å².